The van der Waals surface area contributed by atoms with Crippen molar-refractivity contribution in [3.05, 3.63) is 297 Å². The minimum atomic E-state index is -5.94. The van der Waals surface area contributed by atoms with Crippen molar-refractivity contribution in [1.29, 1.82) is 0 Å². The van der Waals surface area contributed by atoms with Crippen molar-refractivity contribution in [2.75, 3.05) is 0 Å². The van der Waals surface area contributed by atoms with E-state index in [2.05, 4.69) is 0 Å². The molecule has 0 aliphatic carbocycles. The van der Waals surface area contributed by atoms with Crippen LogP contribution in [0.1, 0.15) is 54.1 Å². The fraction of sp³-hybridized carbons (Fsp3) is 0.0882. The molecule has 464 valence electrons. The molecule has 0 aromatic heterocycles. The molecule has 91 heavy (non-hydrogen) atoms. The Morgan fingerprint density at radius 3 is 0.615 bits per heavy atom. The van der Waals surface area contributed by atoms with Crippen LogP contribution in [0.5, 0.6) is 46.0 Å². The van der Waals surface area contributed by atoms with Gasteiger partial charge in [0.2, 0.25) is 20.7 Å². The Morgan fingerprint density at radius 1 is 0.264 bits per heavy atom. The molecular formula is C68H40Cl2F12O8S. The summed E-state index contributed by atoms with van der Waals surface area (Å²) in [6, 6.07) is 44.9. The van der Waals surface area contributed by atoms with E-state index in [1.807, 2.05) is 0 Å². The second kappa shape index (κ2) is 25.0. The van der Waals surface area contributed by atoms with E-state index in [0.29, 0.717) is 69.7 Å². The molecule has 0 N–H and O–H groups in total. The van der Waals surface area contributed by atoms with Crippen molar-refractivity contribution >= 4 is 44.6 Å². The molecule has 0 aliphatic heterocycles. The Balaban J connectivity index is 0.784. The van der Waals surface area contributed by atoms with Crippen LogP contribution in [0.3, 0.4) is 0 Å². The zero-order valence-electron chi connectivity index (χ0n) is 46.1. The molecular weight excluding hydrogens is 1280 g/mol. The van der Waals surface area contributed by atoms with Crippen molar-refractivity contribution in [1.82, 2.24) is 0 Å². The van der Waals surface area contributed by atoms with Crippen LogP contribution in [0.2, 0.25) is 10.0 Å². The van der Waals surface area contributed by atoms with Crippen LogP contribution in [0.15, 0.2) is 252 Å². The van der Waals surface area contributed by atoms with Gasteiger partial charge in [0, 0.05) is 32.3 Å². The fourth-order valence-electron chi connectivity index (χ4n) is 9.99. The van der Waals surface area contributed by atoms with Crippen LogP contribution in [-0.2, 0) is 20.7 Å². The van der Waals surface area contributed by atoms with Gasteiger partial charge in [-0.1, -0.05) is 71.7 Å². The molecule has 10 aromatic rings. The Morgan fingerprint density at radius 2 is 0.429 bits per heavy atom. The number of halogens is 14. The summed E-state index contributed by atoms with van der Waals surface area (Å²) >= 11 is 11.8. The highest BCUT2D eigenvalue weighted by Gasteiger charge is 2.73. The number of carbonyl (C=O) groups is 2. The smallest absolute Gasteiger partial charge is 0.411 e. The van der Waals surface area contributed by atoms with Gasteiger partial charge < -0.3 is 18.9 Å². The predicted octanol–water partition coefficient (Wildman–Crippen LogP) is 20.3. The summed E-state index contributed by atoms with van der Waals surface area (Å²) in [6.07, 6.45) is -23.8. The normalized spacial score (nSPS) is 12.5. The van der Waals surface area contributed by atoms with Crippen molar-refractivity contribution in [3.8, 4) is 46.0 Å². The largest absolute Gasteiger partial charge is 0.457 e. The minimum Gasteiger partial charge on any atom is -0.457 e. The number of ether oxygens (including phenoxy) is 4. The number of benzene rings is 10. The van der Waals surface area contributed by atoms with Crippen molar-refractivity contribution in [3.63, 3.8) is 0 Å². The summed E-state index contributed by atoms with van der Waals surface area (Å²) in [5.41, 5.74) is -12.6. The molecule has 0 saturated carbocycles. The summed E-state index contributed by atoms with van der Waals surface area (Å²) in [4.78, 5) is 25.1. The van der Waals surface area contributed by atoms with Gasteiger partial charge in [0.15, 0.2) is 11.6 Å². The lowest BCUT2D eigenvalue weighted by molar-refractivity contribution is -0.290. The molecule has 10 aromatic carbocycles. The van der Waals surface area contributed by atoms with Gasteiger partial charge in [0.05, 0.1) is 9.79 Å². The van der Waals surface area contributed by atoms with Gasteiger partial charge >= 0.3 is 24.7 Å². The third-order valence-corrected chi connectivity index (χ3v) is 16.8. The summed E-state index contributed by atoms with van der Waals surface area (Å²) < 4.78 is 231. The molecule has 0 heterocycles. The first-order valence-corrected chi connectivity index (χ1v) is 28.9. The van der Waals surface area contributed by atoms with E-state index in [9.17, 15) is 18.0 Å². The SMILES string of the molecule is O=C(c1ccc(Cl)cc1)c1ccc(Oc2ccc(C(c3ccc(Oc4ccc(S(=O)(=O)c5ccc(Oc6ccc(C(c7ccc(Oc8ccc(C(=O)c9ccc(Cl)cc9)cc8)cc7)(C(F)(F)F)C(F)(F)F)cc6)cc5)cc4)cc3)(C(F)(F)F)C(F)(F)F)cc2)cc1. The van der Waals surface area contributed by atoms with Crippen molar-refractivity contribution in [2.45, 2.75) is 45.3 Å². The average Bonchev–Trinajstić information content (AvgIpc) is 0.738. The van der Waals surface area contributed by atoms with Gasteiger partial charge in [-0.3, -0.25) is 9.59 Å². The summed E-state index contributed by atoms with van der Waals surface area (Å²) in [7, 11) is -4.32. The number of hydrogen-bond acceptors (Lipinski definition) is 8. The second-order valence-electron chi connectivity index (χ2n) is 20.2. The molecule has 0 radical (unpaired) electrons. The monoisotopic (exact) mass is 1310 g/mol. The molecule has 0 unspecified atom stereocenters. The number of sulfone groups is 1. The molecule has 23 heteroatoms. The number of rotatable bonds is 18. The highest BCUT2D eigenvalue weighted by molar-refractivity contribution is 7.91. The number of ketones is 2. The summed E-state index contributed by atoms with van der Waals surface area (Å²) in [5, 5.41) is 0.849. The maximum absolute atomic E-state index is 15.1. The molecule has 0 bridgehead atoms. The van der Waals surface area contributed by atoms with E-state index in [0.717, 1.165) is 72.8 Å². The zero-order valence-corrected chi connectivity index (χ0v) is 48.4. The molecule has 0 saturated heterocycles. The topological polar surface area (TPSA) is 105 Å². The quantitative estimate of drug-likeness (QED) is 0.0618. The Hall–Kier alpha value is -9.57. The molecule has 0 amide bonds. The molecule has 0 aliphatic rings. The predicted molar refractivity (Wildman–Crippen MR) is 313 cm³/mol. The van der Waals surface area contributed by atoms with E-state index in [-0.39, 0.29) is 78.5 Å². The van der Waals surface area contributed by atoms with E-state index >= 15 is 52.7 Å². The third kappa shape index (κ3) is 13.1. The maximum atomic E-state index is 15.1. The minimum absolute atomic E-state index is 0.0749. The van der Waals surface area contributed by atoms with E-state index in [1.54, 1.807) is 0 Å². The highest BCUT2D eigenvalue weighted by atomic mass is 35.5. The first-order valence-electron chi connectivity index (χ1n) is 26.6. The van der Waals surface area contributed by atoms with E-state index in [1.165, 1.54) is 121 Å². The Bertz CT molecular complexity index is 4030. The van der Waals surface area contributed by atoms with Crippen LogP contribution in [0.4, 0.5) is 52.7 Å². The lowest BCUT2D eigenvalue weighted by Gasteiger charge is -2.38. The van der Waals surface area contributed by atoms with Crippen LogP contribution in [-0.4, -0.2) is 44.7 Å². The third-order valence-electron chi connectivity index (χ3n) is 14.5. The summed E-state index contributed by atoms with van der Waals surface area (Å²) in [5.74, 6) is -1.25. The lowest BCUT2D eigenvalue weighted by Crippen LogP contribution is -2.54. The van der Waals surface area contributed by atoms with Crippen molar-refractivity contribution < 1.29 is 89.6 Å². The van der Waals surface area contributed by atoms with Crippen LogP contribution >= 0.6 is 23.2 Å². The average molecular weight is 1320 g/mol. The van der Waals surface area contributed by atoms with Gasteiger partial charge in [-0.25, -0.2) is 8.42 Å². The van der Waals surface area contributed by atoms with Crippen LogP contribution < -0.4 is 18.9 Å². The Kier molecular flexibility index (Phi) is 17.7. The number of alkyl halides is 12. The first kappa shape index (κ1) is 64.4. The van der Waals surface area contributed by atoms with Crippen LogP contribution in [0.25, 0.3) is 0 Å². The van der Waals surface area contributed by atoms with Crippen molar-refractivity contribution in [2.24, 2.45) is 0 Å². The first-order chi connectivity index (χ1) is 43.0. The standard InChI is InChI=1S/C68H40Cl2F12O8S/c69-49-17-1-41(2-18-49)61(83)43-5-21-51(22-6-43)87-53-25-9-45(10-26-53)63(65(71,72)73,66(74,75)76)47-13-29-55(30-14-47)89-57-33-37-59(38-34-57)91(85,86)60-39-35-58(36-40-60)90-56-31-15-48(16-32-56)64(67(77,78)79,68(80,81)82)46-11-27-54(28-12-46)88-52-23-7-44(8-24-52)62(84)42-3-19-50(70)20-4-42/h1-40H. The summed E-state index contributed by atoms with van der Waals surface area (Å²) in [6.45, 7) is 0. The number of carbonyl (C=O) groups excluding carboxylic acids is 2. The number of hydrogen-bond donors (Lipinski definition) is 0. The van der Waals surface area contributed by atoms with E-state index < -0.39 is 67.6 Å². The van der Waals surface area contributed by atoms with Gasteiger partial charge in [0.1, 0.15) is 46.0 Å². The van der Waals surface area contributed by atoms with Crippen LogP contribution in [0, 0.1) is 0 Å². The molecule has 0 spiro atoms. The maximum Gasteiger partial charge on any atom is 0.411 e. The zero-order chi connectivity index (χ0) is 65.3. The van der Waals surface area contributed by atoms with Gasteiger partial charge in [-0.05, 0) is 216 Å². The lowest BCUT2D eigenvalue weighted by atomic mass is 9.73. The van der Waals surface area contributed by atoms with Gasteiger partial charge in [0.25, 0.3) is 0 Å². The molecule has 0 atom stereocenters. The highest BCUT2D eigenvalue weighted by Crippen LogP contribution is 2.58. The fourth-order valence-corrected chi connectivity index (χ4v) is 11.5. The Labute approximate surface area is 520 Å². The van der Waals surface area contributed by atoms with Gasteiger partial charge in [-0.15, -0.1) is 0 Å². The second-order valence-corrected chi connectivity index (χ2v) is 23.0. The van der Waals surface area contributed by atoms with Gasteiger partial charge in [-0.2, -0.15) is 52.7 Å². The molecule has 0 fully saturated rings. The molecule has 8 nitrogen and oxygen atoms in total. The van der Waals surface area contributed by atoms with E-state index in [4.69, 9.17) is 42.1 Å². The molecule has 10 rings (SSSR count).